The van der Waals surface area contributed by atoms with E-state index in [0.29, 0.717) is 17.4 Å². The highest BCUT2D eigenvalue weighted by Crippen LogP contribution is 2.18. The topological polar surface area (TPSA) is 68.2 Å². The number of nitrogens with zero attached hydrogens (tertiary/aromatic N) is 3. The van der Waals surface area contributed by atoms with Gasteiger partial charge in [-0.05, 0) is 25.1 Å². The van der Waals surface area contributed by atoms with Crippen LogP contribution in [0.25, 0.3) is 0 Å². The van der Waals surface area contributed by atoms with Gasteiger partial charge < -0.3 is 15.1 Å². The Balaban J connectivity index is 2.30. The van der Waals surface area contributed by atoms with Crippen molar-refractivity contribution in [3.05, 3.63) is 42.0 Å². The summed E-state index contributed by atoms with van der Waals surface area (Å²) in [6.07, 6.45) is 3.23. The third-order valence-electron chi connectivity index (χ3n) is 2.57. The van der Waals surface area contributed by atoms with Crippen LogP contribution in [0.15, 0.2) is 35.1 Å². The molecule has 2 heterocycles. The number of furan rings is 1. The van der Waals surface area contributed by atoms with E-state index in [1.807, 2.05) is 24.0 Å². The first-order valence-corrected chi connectivity index (χ1v) is 6.02. The van der Waals surface area contributed by atoms with E-state index >= 15 is 0 Å². The van der Waals surface area contributed by atoms with Crippen LogP contribution >= 0.6 is 12.2 Å². The standard InChI is InChI=1S/C12H14N4OS/c1-2-16(8-9-4-3-7-17-9)12-10(11(13)18)5-6-14-15-12/h3-7H,2,8H2,1H3,(H2,13,18). The number of hydrogen-bond acceptors (Lipinski definition) is 5. The zero-order valence-electron chi connectivity index (χ0n) is 10.0. The molecule has 5 nitrogen and oxygen atoms in total. The Labute approximate surface area is 111 Å². The molecule has 0 radical (unpaired) electrons. The first kappa shape index (κ1) is 12.5. The van der Waals surface area contributed by atoms with E-state index in [2.05, 4.69) is 10.2 Å². The van der Waals surface area contributed by atoms with Gasteiger partial charge >= 0.3 is 0 Å². The van der Waals surface area contributed by atoms with Crippen LogP contribution in [0.2, 0.25) is 0 Å². The van der Waals surface area contributed by atoms with Gasteiger partial charge in [-0.2, -0.15) is 5.10 Å². The highest BCUT2D eigenvalue weighted by atomic mass is 32.1. The number of thiocarbonyl (C=S) groups is 1. The van der Waals surface area contributed by atoms with E-state index in [9.17, 15) is 0 Å². The third kappa shape index (κ3) is 2.65. The Morgan fingerprint density at radius 2 is 2.33 bits per heavy atom. The van der Waals surface area contributed by atoms with Crippen LogP contribution in [0.5, 0.6) is 0 Å². The van der Waals surface area contributed by atoms with E-state index in [-0.39, 0.29) is 0 Å². The number of anilines is 1. The van der Waals surface area contributed by atoms with Crippen molar-refractivity contribution in [1.29, 1.82) is 0 Å². The second-order valence-electron chi connectivity index (χ2n) is 3.73. The quantitative estimate of drug-likeness (QED) is 0.828. The molecule has 0 saturated heterocycles. The van der Waals surface area contributed by atoms with Crippen LogP contribution < -0.4 is 10.6 Å². The minimum atomic E-state index is 0.317. The highest BCUT2D eigenvalue weighted by molar-refractivity contribution is 7.80. The minimum Gasteiger partial charge on any atom is -0.467 e. The highest BCUT2D eigenvalue weighted by Gasteiger charge is 2.14. The summed E-state index contributed by atoms with van der Waals surface area (Å²) in [6, 6.07) is 5.54. The SMILES string of the molecule is CCN(Cc1ccco1)c1nnccc1C(N)=S. The second kappa shape index (κ2) is 5.59. The van der Waals surface area contributed by atoms with Crippen LogP contribution in [0, 0.1) is 0 Å². The van der Waals surface area contributed by atoms with E-state index in [1.165, 1.54) is 0 Å². The van der Waals surface area contributed by atoms with Crippen molar-refractivity contribution in [2.75, 3.05) is 11.4 Å². The molecule has 6 heteroatoms. The molecule has 0 aliphatic heterocycles. The lowest BCUT2D eigenvalue weighted by Gasteiger charge is -2.22. The maximum Gasteiger partial charge on any atom is 0.161 e. The Morgan fingerprint density at radius 1 is 1.50 bits per heavy atom. The van der Waals surface area contributed by atoms with Crippen molar-refractivity contribution < 1.29 is 4.42 Å². The van der Waals surface area contributed by atoms with Gasteiger partial charge in [0.25, 0.3) is 0 Å². The molecule has 2 aromatic rings. The van der Waals surface area contributed by atoms with Gasteiger partial charge in [-0.1, -0.05) is 12.2 Å². The van der Waals surface area contributed by atoms with Crippen LogP contribution in [0.1, 0.15) is 18.2 Å². The lowest BCUT2D eigenvalue weighted by molar-refractivity contribution is 0.502. The van der Waals surface area contributed by atoms with Crippen LogP contribution in [-0.2, 0) is 6.54 Å². The zero-order chi connectivity index (χ0) is 13.0. The van der Waals surface area contributed by atoms with Crippen LogP contribution in [-0.4, -0.2) is 21.7 Å². The van der Waals surface area contributed by atoms with Gasteiger partial charge in [0.2, 0.25) is 0 Å². The maximum absolute atomic E-state index is 5.69. The Bertz CT molecular complexity index is 527. The molecule has 0 atom stereocenters. The first-order chi connectivity index (χ1) is 8.72. The Kier molecular flexibility index (Phi) is 3.88. The number of aromatic nitrogens is 2. The molecule has 2 N–H and O–H groups in total. The molecule has 0 unspecified atom stereocenters. The van der Waals surface area contributed by atoms with Crippen LogP contribution in [0.3, 0.4) is 0 Å². The molecular formula is C12H14N4OS. The van der Waals surface area contributed by atoms with Gasteiger partial charge in [0.1, 0.15) is 10.7 Å². The Hall–Kier alpha value is -1.95. The van der Waals surface area contributed by atoms with E-state index in [4.69, 9.17) is 22.4 Å². The predicted octanol–water partition coefficient (Wildman–Crippen LogP) is 1.73. The fraction of sp³-hybridized carbons (Fsp3) is 0.250. The monoisotopic (exact) mass is 262 g/mol. The summed E-state index contributed by atoms with van der Waals surface area (Å²) in [6.45, 7) is 3.40. The van der Waals surface area contributed by atoms with Gasteiger partial charge in [0.15, 0.2) is 5.82 Å². The van der Waals surface area contributed by atoms with Crippen molar-refractivity contribution in [3.8, 4) is 0 Å². The third-order valence-corrected chi connectivity index (χ3v) is 2.79. The van der Waals surface area contributed by atoms with E-state index in [1.54, 1.807) is 18.5 Å². The average Bonchev–Trinajstić information content (AvgIpc) is 2.88. The summed E-state index contributed by atoms with van der Waals surface area (Å²) >= 11 is 5.02. The van der Waals surface area contributed by atoms with Crippen molar-refractivity contribution in [2.24, 2.45) is 5.73 Å². The average molecular weight is 262 g/mol. The minimum absolute atomic E-state index is 0.317. The second-order valence-corrected chi connectivity index (χ2v) is 4.17. The molecule has 0 amide bonds. The molecule has 94 valence electrons. The molecule has 0 aliphatic carbocycles. The molecule has 0 aromatic carbocycles. The Morgan fingerprint density at radius 3 is 2.94 bits per heavy atom. The van der Waals surface area contributed by atoms with Gasteiger partial charge in [0, 0.05) is 6.54 Å². The molecular weight excluding hydrogens is 248 g/mol. The van der Waals surface area contributed by atoms with Gasteiger partial charge in [-0.15, -0.1) is 5.10 Å². The van der Waals surface area contributed by atoms with E-state index in [0.717, 1.165) is 17.9 Å². The summed E-state index contributed by atoms with van der Waals surface area (Å²) < 4.78 is 5.33. The normalized spacial score (nSPS) is 10.3. The van der Waals surface area contributed by atoms with Gasteiger partial charge in [0.05, 0.1) is 24.6 Å². The lowest BCUT2D eigenvalue weighted by Crippen LogP contribution is -2.26. The molecule has 0 aliphatic rings. The first-order valence-electron chi connectivity index (χ1n) is 5.61. The molecule has 2 aromatic heterocycles. The fourth-order valence-electron chi connectivity index (χ4n) is 1.68. The molecule has 0 spiro atoms. The summed E-state index contributed by atoms with van der Waals surface area (Å²) in [5.74, 6) is 1.54. The zero-order valence-corrected chi connectivity index (χ0v) is 10.9. The molecule has 0 saturated carbocycles. The van der Waals surface area contributed by atoms with Gasteiger partial charge in [-0.25, -0.2) is 0 Å². The maximum atomic E-state index is 5.69. The fourth-order valence-corrected chi connectivity index (χ4v) is 1.84. The van der Waals surface area contributed by atoms with Crippen LogP contribution in [0.4, 0.5) is 5.82 Å². The van der Waals surface area contributed by atoms with Crippen molar-refractivity contribution in [1.82, 2.24) is 10.2 Å². The summed E-state index contributed by atoms with van der Waals surface area (Å²) in [4.78, 5) is 2.33. The van der Waals surface area contributed by atoms with Crippen molar-refractivity contribution in [3.63, 3.8) is 0 Å². The predicted molar refractivity (Wildman–Crippen MR) is 73.4 cm³/mol. The smallest absolute Gasteiger partial charge is 0.161 e. The van der Waals surface area contributed by atoms with E-state index < -0.39 is 0 Å². The molecule has 2 rings (SSSR count). The number of hydrogen-bond donors (Lipinski definition) is 1. The van der Waals surface area contributed by atoms with Crippen molar-refractivity contribution >= 4 is 23.0 Å². The number of nitrogens with two attached hydrogens (primary N) is 1. The molecule has 0 bridgehead atoms. The molecule has 18 heavy (non-hydrogen) atoms. The largest absolute Gasteiger partial charge is 0.467 e. The van der Waals surface area contributed by atoms with Crippen molar-refractivity contribution in [2.45, 2.75) is 13.5 Å². The summed E-state index contributed by atoms with van der Waals surface area (Å²) in [5, 5.41) is 8.01. The van der Waals surface area contributed by atoms with Gasteiger partial charge in [-0.3, -0.25) is 0 Å². The molecule has 0 fully saturated rings. The summed E-state index contributed by atoms with van der Waals surface area (Å²) in [7, 11) is 0. The lowest BCUT2D eigenvalue weighted by atomic mass is 10.2. The summed E-state index contributed by atoms with van der Waals surface area (Å²) in [5.41, 5.74) is 6.42. The number of rotatable bonds is 5.